The Balaban J connectivity index is 2.56. The number of likely N-dealkylation sites (N-methyl/N-ethyl adjacent to an activating group) is 1. The Bertz CT molecular complexity index is 111. The summed E-state index contributed by atoms with van der Waals surface area (Å²) < 4.78 is 0. The van der Waals surface area contributed by atoms with Crippen molar-refractivity contribution in [2.75, 3.05) is 13.6 Å². The standard InChI is InChI=1S/C6H11NO/c1-5-3-4-7(2)6(5)8/h6,8H,1,3-4H2,2H3. The van der Waals surface area contributed by atoms with E-state index in [0.29, 0.717) is 0 Å². The molecule has 1 N–H and O–H groups in total. The summed E-state index contributed by atoms with van der Waals surface area (Å²) in [5.74, 6) is 0. The van der Waals surface area contributed by atoms with Crippen LogP contribution in [0.5, 0.6) is 0 Å². The van der Waals surface area contributed by atoms with E-state index < -0.39 is 0 Å². The van der Waals surface area contributed by atoms with Crippen molar-refractivity contribution in [1.82, 2.24) is 4.90 Å². The van der Waals surface area contributed by atoms with Crippen molar-refractivity contribution in [3.8, 4) is 0 Å². The monoisotopic (exact) mass is 113 g/mol. The Kier molecular flexibility index (Phi) is 1.36. The van der Waals surface area contributed by atoms with E-state index in [2.05, 4.69) is 6.58 Å². The Morgan fingerprint density at radius 3 is 2.62 bits per heavy atom. The van der Waals surface area contributed by atoms with Gasteiger partial charge in [0.25, 0.3) is 0 Å². The number of likely N-dealkylation sites (tertiary alicyclic amines) is 1. The molecule has 46 valence electrons. The number of nitrogens with zero attached hydrogens (tertiary/aromatic N) is 1. The summed E-state index contributed by atoms with van der Waals surface area (Å²) in [7, 11) is 1.89. The summed E-state index contributed by atoms with van der Waals surface area (Å²) in [5, 5.41) is 9.09. The van der Waals surface area contributed by atoms with Crippen LogP contribution in [-0.2, 0) is 0 Å². The second-order valence-electron chi connectivity index (χ2n) is 2.26. The predicted molar refractivity (Wildman–Crippen MR) is 32.4 cm³/mol. The first-order valence-corrected chi connectivity index (χ1v) is 2.78. The highest BCUT2D eigenvalue weighted by atomic mass is 16.3. The molecule has 1 saturated heterocycles. The topological polar surface area (TPSA) is 23.5 Å². The van der Waals surface area contributed by atoms with Crippen LogP contribution in [0.25, 0.3) is 0 Å². The van der Waals surface area contributed by atoms with Crippen LogP contribution in [0, 0.1) is 0 Å². The summed E-state index contributed by atoms with van der Waals surface area (Å²) >= 11 is 0. The molecule has 1 rings (SSSR count). The highest BCUT2D eigenvalue weighted by Crippen LogP contribution is 2.16. The van der Waals surface area contributed by atoms with Crippen LogP contribution in [0.2, 0.25) is 0 Å². The molecule has 0 aliphatic carbocycles. The van der Waals surface area contributed by atoms with Gasteiger partial charge in [0.15, 0.2) is 0 Å². The van der Waals surface area contributed by atoms with E-state index in [9.17, 15) is 0 Å². The molecule has 1 fully saturated rings. The summed E-state index contributed by atoms with van der Waals surface area (Å²) in [6, 6.07) is 0. The Morgan fingerprint density at radius 1 is 1.88 bits per heavy atom. The fourth-order valence-electron chi connectivity index (χ4n) is 0.883. The van der Waals surface area contributed by atoms with E-state index in [1.807, 2.05) is 11.9 Å². The zero-order valence-corrected chi connectivity index (χ0v) is 5.09. The third kappa shape index (κ3) is 0.767. The van der Waals surface area contributed by atoms with Crippen LogP contribution >= 0.6 is 0 Å². The van der Waals surface area contributed by atoms with E-state index in [-0.39, 0.29) is 6.23 Å². The molecule has 8 heavy (non-hydrogen) atoms. The maximum atomic E-state index is 9.09. The highest BCUT2D eigenvalue weighted by Gasteiger charge is 2.20. The van der Waals surface area contributed by atoms with E-state index in [1.165, 1.54) is 0 Å². The number of aliphatic hydroxyl groups excluding tert-OH is 1. The van der Waals surface area contributed by atoms with Gasteiger partial charge in [-0.05, 0) is 19.0 Å². The van der Waals surface area contributed by atoms with Crippen molar-refractivity contribution >= 4 is 0 Å². The van der Waals surface area contributed by atoms with Gasteiger partial charge in [-0.25, -0.2) is 0 Å². The minimum atomic E-state index is -0.380. The zero-order valence-electron chi connectivity index (χ0n) is 5.09. The average Bonchev–Trinajstić information content (AvgIpc) is 1.98. The summed E-state index contributed by atoms with van der Waals surface area (Å²) in [6.07, 6.45) is 0.562. The SMILES string of the molecule is C=C1CCN(C)C1O. The number of hydrogen-bond acceptors (Lipinski definition) is 2. The van der Waals surface area contributed by atoms with Crippen molar-refractivity contribution in [1.29, 1.82) is 0 Å². The molecule has 1 atom stereocenters. The van der Waals surface area contributed by atoms with E-state index >= 15 is 0 Å². The Labute approximate surface area is 49.4 Å². The van der Waals surface area contributed by atoms with Crippen molar-refractivity contribution < 1.29 is 5.11 Å². The third-order valence-corrected chi connectivity index (χ3v) is 1.57. The van der Waals surface area contributed by atoms with Gasteiger partial charge in [0.05, 0.1) is 0 Å². The first kappa shape index (κ1) is 5.79. The minimum Gasteiger partial charge on any atom is -0.374 e. The van der Waals surface area contributed by atoms with Crippen LogP contribution in [0.1, 0.15) is 6.42 Å². The lowest BCUT2D eigenvalue weighted by atomic mass is 10.2. The Morgan fingerprint density at radius 2 is 2.50 bits per heavy atom. The molecule has 0 aromatic heterocycles. The lowest BCUT2D eigenvalue weighted by Gasteiger charge is -2.11. The fourth-order valence-corrected chi connectivity index (χ4v) is 0.883. The van der Waals surface area contributed by atoms with Crippen LogP contribution < -0.4 is 0 Å². The summed E-state index contributed by atoms with van der Waals surface area (Å²) in [5.41, 5.74) is 0.938. The normalized spacial score (nSPS) is 31.8. The third-order valence-electron chi connectivity index (χ3n) is 1.57. The molecule has 1 aliphatic rings. The van der Waals surface area contributed by atoms with Gasteiger partial charge in [-0.1, -0.05) is 6.58 Å². The fraction of sp³-hybridized carbons (Fsp3) is 0.667. The van der Waals surface area contributed by atoms with Gasteiger partial charge in [-0.3, -0.25) is 4.90 Å². The quantitative estimate of drug-likeness (QED) is 0.453. The molecule has 0 aromatic carbocycles. The van der Waals surface area contributed by atoms with E-state index in [4.69, 9.17) is 5.11 Å². The van der Waals surface area contributed by atoms with Crippen LogP contribution in [-0.4, -0.2) is 29.8 Å². The van der Waals surface area contributed by atoms with Crippen LogP contribution in [0.15, 0.2) is 12.2 Å². The van der Waals surface area contributed by atoms with Gasteiger partial charge in [0.1, 0.15) is 6.23 Å². The van der Waals surface area contributed by atoms with Crippen LogP contribution in [0.3, 0.4) is 0 Å². The molecule has 0 radical (unpaired) electrons. The molecule has 1 heterocycles. The average molecular weight is 113 g/mol. The molecular weight excluding hydrogens is 102 g/mol. The maximum absolute atomic E-state index is 9.09. The Hall–Kier alpha value is -0.340. The molecule has 1 unspecified atom stereocenters. The van der Waals surface area contributed by atoms with Crippen molar-refractivity contribution in [2.24, 2.45) is 0 Å². The molecule has 0 aromatic rings. The second-order valence-corrected chi connectivity index (χ2v) is 2.26. The predicted octanol–water partition coefficient (Wildman–Crippen LogP) is 0.196. The van der Waals surface area contributed by atoms with Gasteiger partial charge < -0.3 is 5.11 Å². The van der Waals surface area contributed by atoms with Gasteiger partial charge >= 0.3 is 0 Å². The largest absolute Gasteiger partial charge is 0.374 e. The molecule has 0 amide bonds. The van der Waals surface area contributed by atoms with Gasteiger partial charge in [0.2, 0.25) is 0 Å². The molecule has 0 bridgehead atoms. The number of hydrogen-bond donors (Lipinski definition) is 1. The highest BCUT2D eigenvalue weighted by molar-refractivity contribution is 5.06. The molecule has 0 spiro atoms. The summed E-state index contributed by atoms with van der Waals surface area (Å²) in [6.45, 7) is 4.64. The van der Waals surface area contributed by atoms with Gasteiger partial charge in [-0.15, -0.1) is 0 Å². The first-order chi connectivity index (χ1) is 3.72. The van der Waals surface area contributed by atoms with Crippen molar-refractivity contribution in [3.05, 3.63) is 12.2 Å². The smallest absolute Gasteiger partial charge is 0.129 e. The molecule has 1 aliphatic heterocycles. The first-order valence-electron chi connectivity index (χ1n) is 2.78. The second kappa shape index (κ2) is 1.88. The van der Waals surface area contributed by atoms with Gasteiger partial charge in [0, 0.05) is 6.54 Å². The van der Waals surface area contributed by atoms with Crippen molar-refractivity contribution in [3.63, 3.8) is 0 Å². The van der Waals surface area contributed by atoms with E-state index in [0.717, 1.165) is 18.5 Å². The zero-order chi connectivity index (χ0) is 6.15. The van der Waals surface area contributed by atoms with E-state index in [1.54, 1.807) is 0 Å². The molecule has 0 saturated carbocycles. The van der Waals surface area contributed by atoms with Gasteiger partial charge in [-0.2, -0.15) is 0 Å². The summed E-state index contributed by atoms with van der Waals surface area (Å²) in [4.78, 5) is 1.88. The number of aliphatic hydroxyl groups is 1. The lowest BCUT2D eigenvalue weighted by Crippen LogP contribution is -2.24. The molecular formula is C6H11NO. The maximum Gasteiger partial charge on any atom is 0.129 e. The number of rotatable bonds is 0. The lowest BCUT2D eigenvalue weighted by molar-refractivity contribution is 0.0833. The minimum absolute atomic E-state index is 0.380. The van der Waals surface area contributed by atoms with Crippen LogP contribution in [0.4, 0.5) is 0 Å². The van der Waals surface area contributed by atoms with Crippen molar-refractivity contribution in [2.45, 2.75) is 12.6 Å². The molecule has 2 heteroatoms. The molecule has 2 nitrogen and oxygen atoms in total.